The van der Waals surface area contributed by atoms with E-state index in [1.54, 1.807) is 11.0 Å². The zero-order valence-electron chi connectivity index (χ0n) is 13.1. The number of halogens is 4. The molecule has 0 bridgehead atoms. The Hall–Kier alpha value is -2.28. The molecule has 25 heavy (non-hydrogen) atoms. The van der Waals surface area contributed by atoms with Crippen LogP contribution in [0.5, 0.6) is 0 Å². The highest BCUT2D eigenvalue weighted by atomic mass is 35.5. The van der Waals surface area contributed by atoms with Crippen molar-refractivity contribution in [3.8, 4) is 0 Å². The van der Waals surface area contributed by atoms with Gasteiger partial charge in [-0.2, -0.15) is 13.2 Å². The Labute approximate surface area is 147 Å². The molecule has 1 aromatic heterocycles. The molecule has 0 radical (unpaired) electrons. The van der Waals surface area contributed by atoms with Crippen LogP contribution in [0.3, 0.4) is 0 Å². The van der Waals surface area contributed by atoms with Crippen LogP contribution in [0.1, 0.15) is 28.9 Å². The molecule has 4 nitrogen and oxygen atoms in total. The van der Waals surface area contributed by atoms with Crippen molar-refractivity contribution in [1.29, 1.82) is 0 Å². The van der Waals surface area contributed by atoms with Gasteiger partial charge in [0.15, 0.2) is 0 Å². The molecule has 1 aromatic carbocycles. The standard InChI is InChI=1S/C17H15ClF3N3O/c18-13-4-3-11(17(19,20)21)9-14(13)23-12-5-6-22-15(10-12)16(25)24-7-1-2-8-24/h3-6,9-10H,1-2,7-8H2,(H,22,23). The average molecular weight is 370 g/mol. The lowest BCUT2D eigenvalue weighted by Crippen LogP contribution is -2.28. The molecule has 1 saturated heterocycles. The predicted octanol–water partition coefficient (Wildman–Crippen LogP) is 4.73. The van der Waals surface area contributed by atoms with Crippen molar-refractivity contribution in [3.63, 3.8) is 0 Å². The molecule has 8 heteroatoms. The molecule has 1 aliphatic rings. The lowest BCUT2D eigenvalue weighted by atomic mass is 10.2. The third-order valence-electron chi connectivity index (χ3n) is 3.95. The molecule has 1 amide bonds. The average Bonchev–Trinajstić information content (AvgIpc) is 3.10. The molecular weight excluding hydrogens is 355 g/mol. The Morgan fingerprint density at radius 3 is 2.56 bits per heavy atom. The van der Waals surface area contributed by atoms with Gasteiger partial charge in [0.1, 0.15) is 5.69 Å². The number of aromatic nitrogens is 1. The maximum Gasteiger partial charge on any atom is 0.416 e. The number of nitrogens with zero attached hydrogens (tertiary/aromatic N) is 2. The van der Waals surface area contributed by atoms with Crippen LogP contribution in [0.15, 0.2) is 36.5 Å². The van der Waals surface area contributed by atoms with Crippen molar-refractivity contribution >= 4 is 28.9 Å². The summed E-state index contributed by atoms with van der Waals surface area (Å²) in [6.07, 6.45) is -1.10. The third-order valence-corrected chi connectivity index (χ3v) is 4.27. The molecule has 3 rings (SSSR count). The topological polar surface area (TPSA) is 45.2 Å². The molecule has 2 heterocycles. The maximum absolute atomic E-state index is 12.9. The summed E-state index contributed by atoms with van der Waals surface area (Å²) >= 11 is 5.98. The summed E-state index contributed by atoms with van der Waals surface area (Å²) < 4.78 is 38.6. The summed E-state index contributed by atoms with van der Waals surface area (Å²) in [5.41, 5.74) is -0.00199. The second-order valence-corrected chi connectivity index (χ2v) is 6.15. The summed E-state index contributed by atoms with van der Waals surface area (Å²) in [7, 11) is 0. The molecule has 132 valence electrons. The van der Waals surface area contributed by atoms with Crippen LogP contribution in [0.2, 0.25) is 5.02 Å². The van der Waals surface area contributed by atoms with E-state index in [9.17, 15) is 18.0 Å². The number of hydrogen-bond acceptors (Lipinski definition) is 3. The number of amides is 1. The fraction of sp³-hybridized carbons (Fsp3) is 0.294. The van der Waals surface area contributed by atoms with Gasteiger partial charge in [-0.1, -0.05) is 11.6 Å². The number of likely N-dealkylation sites (tertiary alicyclic amines) is 1. The molecule has 0 saturated carbocycles. The number of rotatable bonds is 3. The summed E-state index contributed by atoms with van der Waals surface area (Å²) in [4.78, 5) is 18.1. The first-order valence-corrected chi connectivity index (χ1v) is 8.11. The van der Waals surface area contributed by atoms with Gasteiger partial charge < -0.3 is 10.2 Å². The number of benzene rings is 1. The zero-order chi connectivity index (χ0) is 18.0. The summed E-state index contributed by atoms with van der Waals surface area (Å²) in [6.45, 7) is 1.38. The normalized spacial score (nSPS) is 14.6. The SMILES string of the molecule is O=C(c1cc(Nc2cc(C(F)(F)F)ccc2Cl)ccn1)N1CCCC1. The first-order valence-electron chi connectivity index (χ1n) is 7.74. The lowest BCUT2D eigenvalue weighted by molar-refractivity contribution is -0.137. The van der Waals surface area contributed by atoms with Crippen molar-refractivity contribution in [3.05, 3.63) is 52.8 Å². The minimum Gasteiger partial charge on any atom is -0.354 e. The molecule has 1 N–H and O–H groups in total. The van der Waals surface area contributed by atoms with Gasteiger partial charge in [0.2, 0.25) is 0 Å². The predicted molar refractivity (Wildman–Crippen MR) is 89.1 cm³/mol. The van der Waals surface area contributed by atoms with Crippen molar-refractivity contribution in [2.24, 2.45) is 0 Å². The number of carbonyl (C=O) groups excluding carboxylic acids is 1. The van der Waals surface area contributed by atoms with E-state index in [1.165, 1.54) is 18.3 Å². The number of hydrogen-bond donors (Lipinski definition) is 1. The van der Waals surface area contributed by atoms with Gasteiger partial charge in [-0.3, -0.25) is 9.78 Å². The van der Waals surface area contributed by atoms with Crippen molar-refractivity contribution in [2.45, 2.75) is 19.0 Å². The van der Waals surface area contributed by atoms with Gasteiger partial charge >= 0.3 is 6.18 Å². The maximum atomic E-state index is 12.9. The van der Waals surface area contributed by atoms with E-state index < -0.39 is 11.7 Å². The monoisotopic (exact) mass is 369 g/mol. The highest BCUT2D eigenvalue weighted by molar-refractivity contribution is 6.33. The number of nitrogens with one attached hydrogen (secondary N) is 1. The van der Waals surface area contributed by atoms with Gasteiger partial charge in [0, 0.05) is 25.0 Å². The Morgan fingerprint density at radius 2 is 1.88 bits per heavy atom. The number of alkyl halides is 3. The van der Waals surface area contributed by atoms with Crippen molar-refractivity contribution in [1.82, 2.24) is 9.88 Å². The first kappa shape index (κ1) is 17.5. The Kier molecular flexibility index (Phi) is 4.85. The highest BCUT2D eigenvalue weighted by Gasteiger charge is 2.31. The van der Waals surface area contributed by atoms with Gasteiger partial charge in [0.05, 0.1) is 16.3 Å². The van der Waals surface area contributed by atoms with Crippen LogP contribution in [0.4, 0.5) is 24.5 Å². The highest BCUT2D eigenvalue weighted by Crippen LogP contribution is 2.35. The second-order valence-electron chi connectivity index (χ2n) is 5.75. The van der Waals surface area contributed by atoms with Crippen molar-refractivity contribution in [2.75, 3.05) is 18.4 Å². The molecule has 0 unspecified atom stereocenters. The van der Waals surface area contributed by atoms with Gasteiger partial charge in [-0.15, -0.1) is 0 Å². The van der Waals surface area contributed by atoms with E-state index in [-0.39, 0.29) is 22.3 Å². The van der Waals surface area contributed by atoms with Crippen molar-refractivity contribution < 1.29 is 18.0 Å². The molecular formula is C17H15ClF3N3O. The smallest absolute Gasteiger partial charge is 0.354 e. The fourth-order valence-corrected chi connectivity index (χ4v) is 2.83. The molecule has 1 aliphatic heterocycles. The second kappa shape index (κ2) is 6.92. The van der Waals surface area contributed by atoms with E-state index in [0.717, 1.165) is 25.0 Å². The fourth-order valence-electron chi connectivity index (χ4n) is 2.66. The number of pyridine rings is 1. The minimum absolute atomic E-state index is 0.113. The van der Waals surface area contributed by atoms with Crippen LogP contribution in [-0.4, -0.2) is 28.9 Å². The number of anilines is 2. The van der Waals surface area contributed by atoms with Crippen LogP contribution in [-0.2, 0) is 6.18 Å². The minimum atomic E-state index is -4.46. The van der Waals surface area contributed by atoms with Crippen LogP contribution in [0.25, 0.3) is 0 Å². The molecule has 0 aliphatic carbocycles. The van der Waals surface area contributed by atoms with E-state index in [1.807, 2.05) is 0 Å². The third kappa shape index (κ3) is 4.04. The zero-order valence-corrected chi connectivity index (χ0v) is 13.9. The van der Waals surface area contributed by atoms with Gasteiger partial charge in [0.25, 0.3) is 5.91 Å². The Balaban J connectivity index is 1.84. The molecule has 0 atom stereocenters. The Morgan fingerprint density at radius 1 is 1.16 bits per heavy atom. The molecule has 0 spiro atoms. The quantitative estimate of drug-likeness (QED) is 0.850. The van der Waals surface area contributed by atoms with Crippen LogP contribution in [0, 0.1) is 0 Å². The van der Waals surface area contributed by atoms with Gasteiger partial charge in [-0.25, -0.2) is 0 Å². The summed E-state index contributed by atoms with van der Waals surface area (Å²) in [5, 5.41) is 2.98. The van der Waals surface area contributed by atoms with E-state index in [2.05, 4.69) is 10.3 Å². The van der Waals surface area contributed by atoms with Gasteiger partial charge in [-0.05, 0) is 43.2 Å². The lowest BCUT2D eigenvalue weighted by Gasteiger charge is -2.16. The van der Waals surface area contributed by atoms with E-state index in [4.69, 9.17) is 11.6 Å². The number of carbonyl (C=O) groups is 1. The summed E-state index contributed by atoms with van der Waals surface area (Å²) in [6, 6.07) is 6.12. The summed E-state index contributed by atoms with van der Waals surface area (Å²) in [5.74, 6) is -0.184. The largest absolute Gasteiger partial charge is 0.416 e. The van der Waals surface area contributed by atoms with Crippen LogP contribution < -0.4 is 5.32 Å². The molecule has 1 fully saturated rings. The van der Waals surface area contributed by atoms with Crippen LogP contribution >= 0.6 is 11.6 Å². The van der Waals surface area contributed by atoms with E-state index >= 15 is 0 Å². The molecule has 2 aromatic rings. The van der Waals surface area contributed by atoms with E-state index in [0.29, 0.717) is 18.8 Å². The Bertz CT molecular complexity index is 789. The first-order chi connectivity index (χ1) is 11.8.